The number of hydrogen-bond donors (Lipinski definition) is 1. The Balaban J connectivity index is 1.77. The second-order valence-electron chi connectivity index (χ2n) is 4.43. The SMILES string of the molecule is O=C(NCc1cccc2c1OCO2)c1c(F)cccc1Br. The Morgan fingerprint density at radius 3 is 2.86 bits per heavy atom. The van der Waals surface area contributed by atoms with Crippen molar-refractivity contribution in [3.8, 4) is 11.5 Å². The molecule has 2 aromatic rings. The maximum absolute atomic E-state index is 13.7. The van der Waals surface area contributed by atoms with Gasteiger partial charge >= 0.3 is 0 Å². The fourth-order valence-electron chi connectivity index (χ4n) is 2.11. The average molecular weight is 352 g/mol. The third-order valence-electron chi connectivity index (χ3n) is 3.11. The molecule has 0 radical (unpaired) electrons. The molecule has 0 aromatic heterocycles. The van der Waals surface area contributed by atoms with Gasteiger partial charge in [-0.05, 0) is 34.1 Å². The summed E-state index contributed by atoms with van der Waals surface area (Å²) >= 11 is 3.18. The van der Waals surface area contributed by atoms with Crippen LogP contribution in [0, 0.1) is 5.82 Å². The highest BCUT2D eigenvalue weighted by atomic mass is 79.9. The Morgan fingerprint density at radius 2 is 2.05 bits per heavy atom. The first-order valence-corrected chi connectivity index (χ1v) is 7.06. The van der Waals surface area contributed by atoms with E-state index in [4.69, 9.17) is 9.47 Å². The molecule has 0 atom stereocenters. The fraction of sp³-hybridized carbons (Fsp3) is 0.133. The van der Waals surface area contributed by atoms with Crippen molar-refractivity contribution in [1.82, 2.24) is 5.32 Å². The van der Waals surface area contributed by atoms with Crippen molar-refractivity contribution < 1.29 is 18.7 Å². The molecule has 0 spiro atoms. The first-order chi connectivity index (χ1) is 10.2. The molecule has 0 saturated heterocycles. The Morgan fingerprint density at radius 1 is 1.24 bits per heavy atom. The number of benzene rings is 2. The van der Waals surface area contributed by atoms with Gasteiger partial charge in [-0.2, -0.15) is 0 Å². The van der Waals surface area contributed by atoms with Gasteiger partial charge in [0.2, 0.25) is 6.79 Å². The topological polar surface area (TPSA) is 47.6 Å². The Labute approximate surface area is 129 Å². The van der Waals surface area contributed by atoms with Crippen LogP contribution in [0.15, 0.2) is 40.9 Å². The van der Waals surface area contributed by atoms with Crippen molar-refractivity contribution >= 4 is 21.8 Å². The van der Waals surface area contributed by atoms with Crippen LogP contribution < -0.4 is 14.8 Å². The lowest BCUT2D eigenvalue weighted by Gasteiger charge is -2.09. The second-order valence-corrected chi connectivity index (χ2v) is 5.28. The molecular weight excluding hydrogens is 341 g/mol. The van der Waals surface area contributed by atoms with E-state index in [2.05, 4.69) is 21.2 Å². The van der Waals surface area contributed by atoms with Gasteiger partial charge in [-0.3, -0.25) is 4.79 Å². The third-order valence-corrected chi connectivity index (χ3v) is 3.77. The fourth-order valence-corrected chi connectivity index (χ4v) is 2.63. The van der Waals surface area contributed by atoms with E-state index in [1.165, 1.54) is 12.1 Å². The summed E-state index contributed by atoms with van der Waals surface area (Å²) in [5.74, 6) is 0.204. The lowest BCUT2D eigenvalue weighted by Crippen LogP contribution is -2.24. The van der Waals surface area contributed by atoms with Crippen molar-refractivity contribution in [3.05, 3.63) is 57.8 Å². The van der Waals surface area contributed by atoms with Crippen LogP contribution in [-0.2, 0) is 6.54 Å². The van der Waals surface area contributed by atoms with E-state index in [-0.39, 0.29) is 18.9 Å². The van der Waals surface area contributed by atoms with Gasteiger partial charge in [0.1, 0.15) is 5.82 Å². The van der Waals surface area contributed by atoms with E-state index in [1.807, 2.05) is 12.1 Å². The van der Waals surface area contributed by atoms with Gasteiger partial charge < -0.3 is 14.8 Å². The molecule has 4 nitrogen and oxygen atoms in total. The molecule has 0 bridgehead atoms. The van der Waals surface area contributed by atoms with Crippen molar-refractivity contribution in [3.63, 3.8) is 0 Å². The van der Waals surface area contributed by atoms with Crippen molar-refractivity contribution in [2.24, 2.45) is 0 Å². The molecule has 1 heterocycles. The number of hydrogen-bond acceptors (Lipinski definition) is 3. The molecule has 1 aliphatic heterocycles. The maximum atomic E-state index is 13.7. The normalized spacial score (nSPS) is 12.3. The number of nitrogens with one attached hydrogen (secondary N) is 1. The van der Waals surface area contributed by atoms with Gasteiger partial charge in [0.05, 0.1) is 5.56 Å². The van der Waals surface area contributed by atoms with Crippen LogP contribution >= 0.6 is 15.9 Å². The standard InChI is InChI=1S/C15H11BrFNO3/c16-10-4-2-5-11(17)13(10)15(19)18-7-9-3-1-6-12-14(9)21-8-20-12/h1-6H,7-8H2,(H,18,19). The predicted molar refractivity (Wildman–Crippen MR) is 77.8 cm³/mol. The zero-order valence-electron chi connectivity index (χ0n) is 10.9. The summed E-state index contributed by atoms with van der Waals surface area (Å²) < 4.78 is 24.7. The number of fused-ring (bicyclic) bond motifs is 1. The van der Waals surface area contributed by atoms with Gasteiger partial charge in [-0.25, -0.2) is 4.39 Å². The predicted octanol–water partition coefficient (Wildman–Crippen LogP) is 3.25. The minimum absolute atomic E-state index is 0.0118. The highest BCUT2D eigenvalue weighted by Gasteiger charge is 2.19. The quantitative estimate of drug-likeness (QED) is 0.923. The van der Waals surface area contributed by atoms with Crippen molar-refractivity contribution in [2.75, 3.05) is 6.79 Å². The maximum Gasteiger partial charge on any atom is 0.255 e. The Hall–Kier alpha value is -2.08. The largest absolute Gasteiger partial charge is 0.454 e. The molecule has 21 heavy (non-hydrogen) atoms. The second kappa shape index (κ2) is 5.73. The molecule has 1 aliphatic rings. The van der Waals surface area contributed by atoms with Crippen LogP contribution in [0.2, 0.25) is 0 Å². The van der Waals surface area contributed by atoms with E-state index in [9.17, 15) is 9.18 Å². The van der Waals surface area contributed by atoms with Crippen LogP contribution in [0.5, 0.6) is 11.5 Å². The molecule has 0 unspecified atom stereocenters. The molecule has 108 valence electrons. The molecule has 3 rings (SSSR count). The molecule has 0 saturated carbocycles. The molecule has 0 aliphatic carbocycles. The summed E-state index contributed by atoms with van der Waals surface area (Å²) in [6, 6.07) is 9.83. The van der Waals surface area contributed by atoms with E-state index < -0.39 is 11.7 Å². The van der Waals surface area contributed by atoms with Gasteiger partial charge in [0, 0.05) is 16.6 Å². The zero-order valence-corrected chi connectivity index (χ0v) is 12.4. The Bertz CT molecular complexity index is 685. The van der Waals surface area contributed by atoms with Gasteiger partial charge in [0.25, 0.3) is 5.91 Å². The molecule has 2 aromatic carbocycles. The monoisotopic (exact) mass is 351 g/mol. The van der Waals surface area contributed by atoms with Gasteiger partial charge in [-0.15, -0.1) is 0 Å². The number of carbonyl (C=O) groups is 1. The summed E-state index contributed by atoms with van der Waals surface area (Å²) in [5, 5.41) is 2.68. The van der Waals surface area contributed by atoms with Crippen molar-refractivity contribution in [1.29, 1.82) is 0 Å². The number of rotatable bonds is 3. The minimum Gasteiger partial charge on any atom is -0.454 e. The summed E-state index contributed by atoms with van der Waals surface area (Å²) in [6.45, 7) is 0.394. The summed E-state index contributed by atoms with van der Waals surface area (Å²) in [5.41, 5.74) is 0.771. The highest BCUT2D eigenvalue weighted by Crippen LogP contribution is 2.35. The van der Waals surface area contributed by atoms with Crippen LogP contribution in [0.3, 0.4) is 0 Å². The van der Waals surface area contributed by atoms with Crippen LogP contribution in [0.1, 0.15) is 15.9 Å². The minimum atomic E-state index is -0.570. The van der Waals surface area contributed by atoms with Crippen molar-refractivity contribution in [2.45, 2.75) is 6.54 Å². The highest BCUT2D eigenvalue weighted by molar-refractivity contribution is 9.10. The zero-order chi connectivity index (χ0) is 14.8. The first-order valence-electron chi connectivity index (χ1n) is 6.26. The Kier molecular flexibility index (Phi) is 3.79. The van der Waals surface area contributed by atoms with Gasteiger partial charge in [-0.1, -0.05) is 18.2 Å². The summed E-state index contributed by atoms with van der Waals surface area (Å²) in [6.07, 6.45) is 0. The first kappa shape index (κ1) is 13.9. The average Bonchev–Trinajstić information content (AvgIpc) is 2.93. The lowest BCUT2D eigenvalue weighted by atomic mass is 10.1. The van der Waals surface area contributed by atoms with Crippen LogP contribution in [-0.4, -0.2) is 12.7 Å². The smallest absolute Gasteiger partial charge is 0.255 e. The molecule has 0 fully saturated rings. The van der Waals surface area contributed by atoms with E-state index in [0.717, 1.165) is 5.56 Å². The number of halogens is 2. The van der Waals surface area contributed by atoms with Gasteiger partial charge in [0.15, 0.2) is 11.5 Å². The summed E-state index contributed by atoms with van der Waals surface area (Å²) in [4.78, 5) is 12.1. The molecule has 1 N–H and O–H groups in total. The molecule has 6 heteroatoms. The van der Waals surface area contributed by atoms with Crippen LogP contribution in [0.4, 0.5) is 4.39 Å². The lowest BCUT2D eigenvalue weighted by molar-refractivity contribution is 0.0945. The molecular formula is C15H11BrFNO3. The number of carbonyl (C=O) groups excluding carboxylic acids is 1. The molecule has 1 amide bonds. The van der Waals surface area contributed by atoms with E-state index >= 15 is 0 Å². The number of amides is 1. The third kappa shape index (κ3) is 2.71. The van der Waals surface area contributed by atoms with E-state index in [0.29, 0.717) is 16.0 Å². The number of ether oxygens (including phenoxy) is 2. The summed E-state index contributed by atoms with van der Waals surface area (Å²) in [7, 11) is 0. The van der Waals surface area contributed by atoms with Crippen LogP contribution in [0.25, 0.3) is 0 Å². The number of para-hydroxylation sites is 1. The van der Waals surface area contributed by atoms with E-state index in [1.54, 1.807) is 12.1 Å².